The van der Waals surface area contributed by atoms with E-state index >= 15 is 0 Å². The summed E-state index contributed by atoms with van der Waals surface area (Å²) in [4.78, 5) is 0. The van der Waals surface area contributed by atoms with Gasteiger partial charge < -0.3 is 4.74 Å². The van der Waals surface area contributed by atoms with Crippen LogP contribution >= 0.6 is 0 Å². The molecule has 3 unspecified atom stereocenters. The second kappa shape index (κ2) is 6.31. The summed E-state index contributed by atoms with van der Waals surface area (Å²) in [6.07, 6.45) is 6.40. The van der Waals surface area contributed by atoms with Crippen molar-refractivity contribution in [3.8, 4) is 0 Å². The first kappa shape index (κ1) is 13.5. The molecule has 1 aromatic rings. The number of nitrogens with two attached hydrogens (primary N) is 1. The quantitative estimate of drug-likeness (QED) is 0.585. The Morgan fingerprint density at radius 3 is 3.11 bits per heavy atom. The van der Waals surface area contributed by atoms with Crippen LogP contribution in [0.5, 0.6) is 0 Å². The third-order valence-corrected chi connectivity index (χ3v) is 4.03. The molecule has 0 spiro atoms. The topological polar surface area (TPSA) is 65.1 Å². The molecule has 1 fully saturated rings. The van der Waals surface area contributed by atoms with Crippen molar-refractivity contribution in [1.29, 1.82) is 0 Å². The van der Waals surface area contributed by atoms with Crippen LogP contribution < -0.4 is 11.3 Å². The molecule has 0 aliphatic carbocycles. The summed E-state index contributed by atoms with van der Waals surface area (Å²) < 4.78 is 7.67. The largest absolute Gasteiger partial charge is 0.378 e. The molecule has 102 valence electrons. The molecule has 1 aromatic heterocycles. The molecule has 3 atom stereocenters. The number of aryl methyl sites for hydroxylation is 2. The van der Waals surface area contributed by atoms with E-state index in [-0.39, 0.29) is 0 Å². The number of nitrogens with zero attached hydrogens (tertiary/aromatic N) is 2. The van der Waals surface area contributed by atoms with Crippen LogP contribution in [0.3, 0.4) is 0 Å². The fourth-order valence-electron chi connectivity index (χ4n) is 2.92. The fourth-order valence-corrected chi connectivity index (χ4v) is 2.92. The maximum Gasteiger partial charge on any atom is 0.0616 e. The Hall–Kier alpha value is -0.910. The first-order valence-electron chi connectivity index (χ1n) is 6.80. The Kier molecular flexibility index (Phi) is 4.74. The summed E-state index contributed by atoms with van der Waals surface area (Å²) in [5, 5.41) is 4.19. The highest BCUT2D eigenvalue weighted by molar-refractivity contribution is 5.01. The molecule has 2 rings (SSSR count). The molecule has 5 heteroatoms. The summed E-state index contributed by atoms with van der Waals surface area (Å²) in [7, 11) is 1.98. The summed E-state index contributed by atoms with van der Waals surface area (Å²) >= 11 is 0. The van der Waals surface area contributed by atoms with Gasteiger partial charge in [-0.1, -0.05) is 6.92 Å². The van der Waals surface area contributed by atoms with Gasteiger partial charge in [-0.15, -0.1) is 0 Å². The highest BCUT2D eigenvalue weighted by Crippen LogP contribution is 2.28. The average Bonchev–Trinajstić information content (AvgIpc) is 2.99. The molecule has 1 aliphatic heterocycles. The van der Waals surface area contributed by atoms with Crippen LogP contribution in [-0.4, -0.2) is 28.5 Å². The second-order valence-electron chi connectivity index (χ2n) is 5.03. The minimum atomic E-state index is 0.326. The Morgan fingerprint density at radius 2 is 2.50 bits per heavy atom. The van der Waals surface area contributed by atoms with Gasteiger partial charge in [-0.3, -0.25) is 16.0 Å². The molecule has 18 heavy (non-hydrogen) atoms. The third-order valence-electron chi connectivity index (χ3n) is 4.03. The van der Waals surface area contributed by atoms with Crippen molar-refractivity contribution >= 4 is 0 Å². The third kappa shape index (κ3) is 2.91. The molecule has 0 bridgehead atoms. The molecule has 0 aromatic carbocycles. The van der Waals surface area contributed by atoms with Crippen LogP contribution in [0.2, 0.25) is 0 Å². The summed E-state index contributed by atoms with van der Waals surface area (Å²) in [5.41, 5.74) is 4.23. The normalized spacial score (nSPS) is 25.5. The molecule has 0 amide bonds. The van der Waals surface area contributed by atoms with Gasteiger partial charge in [0.2, 0.25) is 0 Å². The maximum absolute atomic E-state index is 5.75. The number of nitrogens with one attached hydrogen (secondary N) is 1. The Balaban J connectivity index is 1.91. The number of hydrazine groups is 1. The Labute approximate surface area is 109 Å². The lowest BCUT2D eigenvalue weighted by Crippen LogP contribution is -2.44. The molecular formula is C13H24N4O. The van der Waals surface area contributed by atoms with Crippen LogP contribution in [0.25, 0.3) is 0 Å². The molecule has 0 radical (unpaired) electrons. The Morgan fingerprint density at radius 1 is 1.67 bits per heavy atom. The number of rotatable bonds is 6. The molecule has 1 saturated heterocycles. The summed E-state index contributed by atoms with van der Waals surface area (Å²) in [6.45, 7) is 3.05. The van der Waals surface area contributed by atoms with Crippen molar-refractivity contribution in [3.05, 3.63) is 18.0 Å². The fraction of sp³-hybridized carbons (Fsp3) is 0.769. The van der Waals surface area contributed by atoms with E-state index in [0.717, 1.165) is 32.3 Å². The van der Waals surface area contributed by atoms with E-state index in [1.54, 1.807) is 0 Å². The van der Waals surface area contributed by atoms with Gasteiger partial charge in [-0.2, -0.15) is 5.10 Å². The van der Waals surface area contributed by atoms with Crippen molar-refractivity contribution in [2.45, 2.75) is 44.8 Å². The van der Waals surface area contributed by atoms with Crippen LogP contribution in [-0.2, 0) is 18.2 Å². The predicted octanol–water partition coefficient (Wildman–Crippen LogP) is 1.000. The number of ether oxygens (including phenoxy) is 1. The van der Waals surface area contributed by atoms with Crippen molar-refractivity contribution < 1.29 is 4.74 Å². The molecule has 5 nitrogen and oxygen atoms in total. The van der Waals surface area contributed by atoms with Crippen LogP contribution in [0, 0.1) is 5.92 Å². The highest BCUT2D eigenvalue weighted by atomic mass is 16.5. The maximum atomic E-state index is 5.75. The van der Waals surface area contributed by atoms with Crippen molar-refractivity contribution in [3.63, 3.8) is 0 Å². The van der Waals surface area contributed by atoms with E-state index in [9.17, 15) is 0 Å². The summed E-state index contributed by atoms with van der Waals surface area (Å²) in [5.74, 6) is 6.25. The molecule has 2 heterocycles. The lowest BCUT2D eigenvalue weighted by molar-refractivity contribution is 0.0764. The Bertz CT molecular complexity index is 366. The molecule has 0 saturated carbocycles. The highest BCUT2D eigenvalue weighted by Gasteiger charge is 2.32. The van der Waals surface area contributed by atoms with E-state index in [4.69, 9.17) is 10.6 Å². The van der Waals surface area contributed by atoms with Gasteiger partial charge in [-0.05, 0) is 31.7 Å². The van der Waals surface area contributed by atoms with E-state index in [0.29, 0.717) is 18.1 Å². The van der Waals surface area contributed by atoms with E-state index in [1.807, 2.05) is 17.9 Å². The zero-order chi connectivity index (χ0) is 13.0. The SMILES string of the molecule is CCC1OCCC1C(CCc1ccnn1C)NN. The second-order valence-corrected chi connectivity index (χ2v) is 5.03. The number of hydrogen-bond donors (Lipinski definition) is 2. The van der Waals surface area contributed by atoms with Gasteiger partial charge in [0.25, 0.3) is 0 Å². The predicted molar refractivity (Wildman–Crippen MR) is 70.8 cm³/mol. The summed E-state index contributed by atoms with van der Waals surface area (Å²) in [6, 6.07) is 2.39. The first-order valence-corrected chi connectivity index (χ1v) is 6.80. The zero-order valence-corrected chi connectivity index (χ0v) is 11.3. The van der Waals surface area contributed by atoms with Gasteiger partial charge in [0.05, 0.1) is 6.10 Å². The van der Waals surface area contributed by atoms with Gasteiger partial charge in [0.15, 0.2) is 0 Å². The van der Waals surface area contributed by atoms with Crippen LogP contribution in [0.15, 0.2) is 12.3 Å². The number of aromatic nitrogens is 2. The van der Waals surface area contributed by atoms with Gasteiger partial charge >= 0.3 is 0 Å². The van der Waals surface area contributed by atoms with Gasteiger partial charge in [0.1, 0.15) is 0 Å². The van der Waals surface area contributed by atoms with Crippen molar-refractivity contribution in [2.75, 3.05) is 6.61 Å². The minimum absolute atomic E-state index is 0.326. The average molecular weight is 252 g/mol. The first-order chi connectivity index (χ1) is 8.76. The van der Waals surface area contributed by atoms with E-state index < -0.39 is 0 Å². The van der Waals surface area contributed by atoms with Gasteiger partial charge in [0, 0.05) is 37.5 Å². The van der Waals surface area contributed by atoms with E-state index in [2.05, 4.69) is 23.5 Å². The molecule has 3 N–H and O–H groups in total. The monoisotopic (exact) mass is 252 g/mol. The molecular weight excluding hydrogens is 228 g/mol. The van der Waals surface area contributed by atoms with E-state index in [1.165, 1.54) is 5.69 Å². The minimum Gasteiger partial charge on any atom is -0.378 e. The number of hydrogen-bond acceptors (Lipinski definition) is 4. The van der Waals surface area contributed by atoms with Crippen molar-refractivity contribution in [1.82, 2.24) is 15.2 Å². The van der Waals surface area contributed by atoms with Crippen LogP contribution in [0.4, 0.5) is 0 Å². The smallest absolute Gasteiger partial charge is 0.0616 e. The van der Waals surface area contributed by atoms with Crippen LogP contribution in [0.1, 0.15) is 31.9 Å². The molecule has 1 aliphatic rings. The lowest BCUT2D eigenvalue weighted by Gasteiger charge is -2.26. The lowest BCUT2D eigenvalue weighted by atomic mass is 9.88. The van der Waals surface area contributed by atoms with Gasteiger partial charge in [-0.25, -0.2) is 0 Å². The van der Waals surface area contributed by atoms with Crippen molar-refractivity contribution in [2.24, 2.45) is 18.8 Å². The zero-order valence-electron chi connectivity index (χ0n) is 11.3. The standard InChI is InChI=1S/C13H24N4O/c1-3-13-11(7-9-18-13)12(16-14)5-4-10-6-8-15-17(10)2/h6,8,11-13,16H,3-5,7,9,14H2,1-2H3.